The Morgan fingerprint density at radius 1 is 1.11 bits per heavy atom. The highest BCUT2D eigenvalue weighted by Crippen LogP contribution is 2.30. The van der Waals surface area contributed by atoms with Crippen LogP contribution in [0.5, 0.6) is 0 Å². The standard InChI is InChI=1S/C14H17NO3/c16-13(15-12-7-2-1-3-8-12)10-5-4-6-11(9-10)14(17)18/h1-3,7-8,10-11H,4-6,9H2,(H,15,16)(H,17,18). The average molecular weight is 247 g/mol. The van der Waals surface area contributed by atoms with Crippen molar-refractivity contribution in [1.29, 1.82) is 0 Å². The second kappa shape index (κ2) is 5.67. The molecule has 1 aliphatic rings. The minimum atomic E-state index is -0.785. The fraction of sp³-hybridized carbons (Fsp3) is 0.429. The molecule has 0 saturated heterocycles. The van der Waals surface area contributed by atoms with E-state index in [4.69, 9.17) is 5.11 Å². The second-order valence-corrected chi connectivity index (χ2v) is 4.75. The molecule has 2 N–H and O–H groups in total. The van der Waals surface area contributed by atoms with Crippen LogP contribution < -0.4 is 5.32 Å². The number of aliphatic carboxylic acids is 1. The molecule has 0 radical (unpaired) electrons. The van der Waals surface area contributed by atoms with E-state index in [1.54, 1.807) is 0 Å². The Hall–Kier alpha value is -1.84. The Labute approximate surface area is 106 Å². The number of amides is 1. The van der Waals surface area contributed by atoms with Gasteiger partial charge in [-0.05, 0) is 31.4 Å². The van der Waals surface area contributed by atoms with Crippen molar-refractivity contribution in [2.45, 2.75) is 25.7 Å². The number of hydrogen-bond acceptors (Lipinski definition) is 2. The monoisotopic (exact) mass is 247 g/mol. The molecule has 0 aliphatic heterocycles. The van der Waals surface area contributed by atoms with E-state index in [0.717, 1.165) is 18.5 Å². The van der Waals surface area contributed by atoms with Crippen molar-refractivity contribution < 1.29 is 14.7 Å². The molecular weight excluding hydrogens is 230 g/mol. The maximum atomic E-state index is 12.0. The number of rotatable bonds is 3. The van der Waals surface area contributed by atoms with Gasteiger partial charge in [-0.15, -0.1) is 0 Å². The molecule has 96 valence electrons. The van der Waals surface area contributed by atoms with Gasteiger partial charge >= 0.3 is 5.97 Å². The van der Waals surface area contributed by atoms with E-state index in [0.29, 0.717) is 12.8 Å². The Morgan fingerprint density at radius 2 is 1.78 bits per heavy atom. The highest BCUT2D eigenvalue weighted by atomic mass is 16.4. The van der Waals surface area contributed by atoms with Crippen molar-refractivity contribution in [1.82, 2.24) is 0 Å². The number of benzene rings is 1. The molecule has 0 spiro atoms. The molecule has 4 heteroatoms. The summed E-state index contributed by atoms with van der Waals surface area (Å²) < 4.78 is 0. The molecule has 4 nitrogen and oxygen atoms in total. The van der Waals surface area contributed by atoms with Crippen LogP contribution in [0.25, 0.3) is 0 Å². The first-order valence-corrected chi connectivity index (χ1v) is 6.25. The maximum absolute atomic E-state index is 12.0. The summed E-state index contributed by atoms with van der Waals surface area (Å²) in [5, 5.41) is 11.8. The molecule has 0 aromatic heterocycles. The topological polar surface area (TPSA) is 66.4 Å². The van der Waals surface area contributed by atoms with Crippen molar-refractivity contribution in [3.05, 3.63) is 30.3 Å². The molecule has 1 aromatic rings. The summed E-state index contributed by atoms with van der Waals surface area (Å²) in [6.07, 6.45) is 2.73. The number of carboxylic acid groups (broad SMARTS) is 1. The van der Waals surface area contributed by atoms with Gasteiger partial charge in [-0.1, -0.05) is 24.6 Å². The van der Waals surface area contributed by atoms with Crippen LogP contribution >= 0.6 is 0 Å². The van der Waals surface area contributed by atoms with Gasteiger partial charge in [0.05, 0.1) is 5.92 Å². The number of anilines is 1. The predicted molar refractivity (Wildman–Crippen MR) is 68.2 cm³/mol. The van der Waals surface area contributed by atoms with Crippen LogP contribution in [0.2, 0.25) is 0 Å². The average Bonchev–Trinajstić information content (AvgIpc) is 2.40. The van der Waals surface area contributed by atoms with Crippen LogP contribution in [0, 0.1) is 11.8 Å². The first-order chi connectivity index (χ1) is 8.66. The van der Waals surface area contributed by atoms with Gasteiger partial charge in [0.15, 0.2) is 0 Å². The molecule has 1 aliphatic carbocycles. The van der Waals surface area contributed by atoms with Gasteiger partial charge in [0, 0.05) is 11.6 Å². The number of para-hydroxylation sites is 1. The summed E-state index contributed by atoms with van der Waals surface area (Å²) in [6, 6.07) is 9.26. The van der Waals surface area contributed by atoms with Gasteiger partial charge in [-0.3, -0.25) is 9.59 Å². The van der Waals surface area contributed by atoms with E-state index in [2.05, 4.69) is 5.32 Å². The normalized spacial score (nSPS) is 23.3. The number of carbonyl (C=O) groups excluding carboxylic acids is 1. The Balaban J connectivity index is 1.95. The largest absolute Gasteiger partial charge is 0.481 e. The Morgan fingerprint density at radius 3 is 2.44 bits per heavy atom. The molecule has 2 atom stereocenters. The second-order valence-electron chi connectivity index (χ2n) is 4.75. The Kier molecular flexibility index (Phi) is 3.97. The summed E-state index contributed by atoms with van der Waals surface area (Å²) in [6.45, 7) is 0. The summed E-state index contributed by atoms with van der Waals surface area (Å²) in [4.78, 5) is 23.0. The molecule has 0 heterocycles. The van der Waals surface area contributed by atoms with E-state index in [-0.39, 0.29) is 17.7 Å². The predicted octanol–water partition coefficient (Wildman–Crippen LogP) is 2.52. The van der Waals surface area contributed by atoms with Crippen LogP contribution in [0.3, 0.4) is 0 Å². The van der Waals surface area contributed by atoms with Crippen LogP contribution in [0.15, 0.2) is 30.3 Å². The molecule has 1 fully saturated rings. The summed E-state index contributed by atoms with van der Waals surface area (Å²) in [5.74, 6) is -1.40. The first-order valence-electron chi connectivity index (χ1n) is 6.25. The zero-order valence-corrected chi connectivity index (χ0v) is 10.1. The zero-order valence-electron chi connectivity index (χ0n) is 10.1. The van der Waals surface area contributed by atoms with Crippen LogP contribution in [-0.4, -0.2) is 17.0 Å². The molecular formula is C14H17NO3. The smallest absolute Gasteiger partial charge is 0.306 e. The number of hydrogen-bond donors (Lipinski definition) is 2. The summed E-state index contributed by atoms with van der Waals surface area (Å²) in [7, 11) is 0. The number of carboxylic acids is 1. The van der Waals surface area contributed by atoms with Gasteiger partial charge in [-0.25, -0.2) is 0 Å². The van der Waals surface area contributed by atoms with E-state index in [1.807, 2.05) is 30.3 Å². The van der Waals surface area contributed by atoms with Crippen molar-refractivity contribution in [3.63, 3.8) is 0 Å². The molecule has 1 amide bonds. The van der Waals surface area contributed by atoms with E-state index in [1.165, 1.54) is 0 Å². The van der Waals surface area contributed by atoms with Gasteiger partial charge in [-0.2, -0.15) is 0 Å². The van der Waals surface area contributed by atoms with Crippen molar-refractivity contribution >= 4 is 17.6 Å². The quantitative estimate of drug-likeness (QED) is 0.862. The minimum absolute atomic E-state index is 0.0628. The maximum Gasteiger partial charge on any atom is 0.306 e. The van der Waals surface area contributed by atoms with Crippen molar-refractivity contribution in [2.24, 2.45) is 11.8 Å². The number of nitrogens with one attached hydrogen (secondary N) is 1. The van der Waals surface area contributed by atoms with Crippen molar-refractivity contribution in [2.75, 3.05) is 5.32 Å². The lowest BCUT2D eigenvalue weighted by Crippen LogP contribution is -2.30. The van der Waals surface area contributed by atoms with Crippen LogP contribution in [0.1, 0.15) is 25.7 Å². The fourth-order valence-corrected chi connectivity index (χ4v) is 2.42. The third kappa shape index (κ3) is 3.09. The molecule has 18 heavy (non-hydrogen) atoms. The van der Waals surface area contributed by atoms with E-state index >= 15 is 0 Å². The van der Waals surface area contributed by atoms with Crippen LogP contribution in [0.4, 0.5) is 5.69 Å². The van der Waals surface area contributed by atoms with Gasteiger partial charge in [0.25, 0.3) is 0 Å². The first kappa shape index (κ1) is 12.6. The van der Waals surface area contributed by atoms with Gasteiger partial charge < -0.3 is 10.4 Å². The SMILES string of the molecule is O=C(O)C1CCCC(C(=O)Nc2ccccc2)C1. The van der Waals surface area contributed by atoms with E-state index < -0.39 is 5.97 Å². The third-order valence-corrected chi connectivity index (χ3v) is 3.44. The molecule has 2 rings (SSSR count). The van der Waals surface area contributed by atoms with Crippen molar-refractivity contribution in [3.8, 4) is 0 Å². The molecule has 1 saturated carbocycles. The summed E-state index contributed by atoms with van der Waals surface area (Å²) >= 11 is 0. The number of carbonyl (C=O) groups is 2. The lowest BCUT2D eigenvalue weighted by atomic mass is 9.81. The van der Waals surface area contributed by atoms with Crippen LogP contribution in [-0.2, 0) is 9.59 Å². The Bertz CT molecular complexity index is 430. The highest BCUT2D eigenvalue weighted by molar-refractivity contribution is 5.92. The third-order valence-electron chi connectivity index (χ3n) is 3.44. The minimum Gasteiger partial charge on any atom is -0.481 e. The highest BCUT2D eigenvalue weighted by Gasteiger charge is 2.30. The molecule has 1 aromatic carbocycles. The lowest BCUT2D eigenvalue weighted by Gasteiger charge is -2.25. The molecule has 2 unspecified atom stereocenters. The summed E-state index contributed by atoms with van der Waals surface area (Å²) in [5.41, 5.74) is 0.764. The molecule has 0 bridgehead atoms. The lowest BCUT2D eigenvalue weighted by molar-refractivity contribution is -0.143. The van der Waals surface area contributed by atoms with Gasteiger partial charge in [0.1, 0.15) is 0 Å². The fourth-order valence-electron chi connectivity index (χ4n) is 2.42. The van der Waals surface area contributed by atoms with E-state index in [9.17, 15) is 9.59 Å². The van der Waals surface area contributed by atoms with Gasteiger partial charge in [0.2, 0.25) is 5.91 Å². The zero-order chi connectivity index (χ0) is 13.0.